The Kier molecular flexibility index (Phi) is 5.67. The van der Waals surface area contributed by atoms with Gasteiger partial charge in [-0.05, 0) is 12.8 Å². The second kappa shape index (κ2) is 7.71. The largest absolute Gasteiger partial charge is 0.368 e. The molecule has 0 atom stereocenters. The van der Waals surface area contributed by atoms with Crippen LogP contribution in [0.4, 0.5) is 11.9 Å². The average molecular weight is 333 g/mol. The van der Waals surface area contributed by atoms with Crippen molar-refractivity contribution < 1.29 is 9.32 Å². The molecule has 0 spiro atoms. The lowest BCUT2D eigenvalue weighted by Gasteiger charge is -2.11. The van der Waals surface area contributed by atoms with Crippen molar-refractivity contribution in [2.24, 2.45) is 0 Å². The van der Waals surface area contributed by atoms with E-state index < -0.39 is 5.91 Å². The van der Waals surface area contributed by atoms with Crippen LogP contribution in [0.5, 0.6) is 0 Å². The summed E-state index contributed by atoms with van der Waals surface area (Å²) < 4.78 is 5.27. The molecule has 0 radical (unpaired) electrons. The predicted octanol–water partition coefficient (Wildman–Crippen LogP) is 1.34. The fourth-order valence-corrected chi connectivity index (χ4v) is 2.24. The number of carbonyl (C=O) groups excluding carboxylic acids is 1. The van der Waals surface area contributed by atoms with Gasteiger partial charge in [0.2, 0.25) is 17.7 Å². The van der Waals surface area contributed by atoms with Crippen LogP contribution in [0.1, 0.15) is 54.7 Å². The van der Waals surface area contributed by atoms with E-state index in [1.807, 2.05) is 6.07 Å². The minimum atomic E-state index is -0.451. The van der Waals surface area contributed by atoms with E-state index in [1.165, 1.54) is 0 Å². The number of nitrogens with two attached hydrogens (primary N) is 1. The summed E-state index contributed by atoms with van der Waals surface area (Å²) in [5.74, 6) is 0.778. The zero-order chi connectivity index (χ0) is 17.7. The highest BCUT2D eigenvalue weighted by atomic mass is 16.5. The smallest absolute Gasteiger partial charge is 0.289 e. The van der Waals surface area contributed by atoms with Gasteiger partial charge in [0.1, 0.15) is 0 Å². The zero-order valence-electron chi connectivity index (χ0n) is 14.4. The van der Waals surface area contributed by atoms with E-state index in [4.69, 9.17) is 10.3 Å². The quantitative estimate of drug-likeness (QED) is 0.778. The van der Waals surface area contributed by atoms with Crippen LogP contribution in [0.15, 0.2) is 10.6 Å². The van der Waals surface area contributed by atoms with Crippen molar-refractivity contribution in [3.05, 3.63) is 23.3 Å². The van der Waals surface area contributed by atoms with Crippen LogP contribution in [-0.4, -0.2) is 40.1 Å². The minimum Gasteiger partial charge on any atom is -0.368 e. The van der Waals surface area contributed by atoms with E-state index in [1.54, 1.807) is 19.0 Å². The molecule has 0 fully saturated rings. The molecule has 2 heterocycles. The van der Waals surface area contributed by atoms with Crippen molar-refractivity contribution in [3.8, 4) is 0 Å². The zero-order valence-corrected chi connectivity index (χ0v) is 14.4. The Morgan fingerprint density at radius 1 is 1.29 bits per heavy atom. The Hall–Kier alpha value is -2.71. The fourth-order valence-electron chi connectivity index (χ4n) is 2.24. The summed E-state index contributed by atoms with van der Waals surface area (Å²) in [6, 6.07) is 1.87. The Balaban J connectivity index is 2.03. The monoisotopic (exact) mass is 333 g/mol. The lowest BCUT2D eigenvalue weighted by Crippen LogP contribution is -2.27. The minimum absolute atomic E-state index is 0.00506. The number of nitrogen functional groups attached to an aromatic ring is 1. The summed E-state index contributed by atoms with van der Waals surface area (Å²) in [7, 11) is 3.51. The van der Waals surface area contributed by atoms with Crippen molar-refractivity contribution >= 4 is 17.8 Å². The molecule has 9 heteroatoms. The first kappa shape index (κ1) is 17.6. The van der Waals surface area contributed by atoms with E-state index in [9.17, 15) is 4.79 Å². The highest BCUT2D eigenvalue weighted by Gasteiger charge is 2.16. The third-order valence-electron chi connectivity index (χ3n) is 3.65. The van der Waals surface area contributed by atoms with Gasteiger partial charge in [-0.1, -0.05) is 19.0 Å². The topological polar surface area (TPSA) is 123 Å². The Bertz CT molecular complexity index is 695. The molecule has 130 valence electrons. The number of nitrogens with zero attached hydrogens (tertiary/aromatic N) is 5. The van der Waals surface area contributed by atoms with Gasteiger partial charge in [-0.2, -0.15) is 15.0 Å². The molecule has 0 saturated carbocycles. The Morgan fingerprint density at radius 2 is 2.00 bits per heavy atom. The molecule has 0 aromatic carbocycles. The number of hydrogen-bond donors (Lipinski definition) is 2. The number of nitrogens with one attached hydrogen (secondary N) is 1. The highest BCUT2D eigenvalue weighted by Crippen LogP contribution is 2.22. The van der Waals surface area contributed by atoms with Gasteiger partial charge in [0.05, 0.1) is 12.2 Å². The molecule has 2 aromatic heterocycles. The number of rotatable bonds is 7. The molecule has 2 rings (SSSR count). The maximum Gasteiger partial charge on any atom is 0.289 e. The molecule has 0 aliphatic rings. The molecular formula is C15H23N7O2. The first-order valence-electron chi connectivity index (χ1n) is 7.87. The maximum absolute atomic E-state index is 12.2. The molecule has 0 aliphatic carbocycles. The first-order valence-corrected chi connectivity index (χ1v) is 7.87. The average Bonchev–Trinajstić information content (AvgIpc) is 3.02. The lowest BCUT2D eigenvalue weighted by atomic mass is 9.99. The predicted molar refractivity (Wildman–Crippen MR) is 89.6 cm³/mol. The molecule has 3 N–H and O–H groups in total. The van der Waals surface area contributed by atoms with Crippen LogP contribution < -0.4 is 16.0 Å². The van der Waals surface area contributed by atoms with Crippen molar-refractivity contribution in [3.63, 3.8) is 0 Å². The number of anilines is 2. The van der Waals surface area contributed by atoms with Gasteiger partial charge in [0.25, 0.3) is 5.91 Å². The summed E-state index contributed by atoms with van der Waals surface area (Å²) in [5, 5.41) is 6.76. The van der Waals surface area contributed by atoms with Crippen LogP contribution in [0, 0.1) is 0 Å². The van der Waals surface area contributed by atoms with Crippen molar-refractivity contribution in [1.29, 1.82) is 0 Å². The van der Waals surface area contributed by atoms with Gasteiger partial charge in [0.15, 0.2) is 5.76 Å². The standard InChI is InChI=1S/C15H23N7O2/c1-5-9(6-2)11-7-10(24-21-11)8-17-13(23)12-18-14(16)20-15(19-12)22(3)4/h7,9H,5-6,8H2,1-4H3,(H,17,23)(H2,16,18,19,20). The molecule has 1 amide bonds. The van der Waals surface area contributed by atoms with E-state index >= 15 is 0 Å². The van der Waals surface area contributed by atoms with Crippen LogP contribution in [0.3, 0.4) is 0 Å². The molecular weight excluding hydrogens is 310 g/mol. The van der Waals surface area contributed by atoms with E-state index in [-0.39, 0.29) is 18.3 Å². The number of aromatic nitrogens is 4. The van der Waals surface area contributed by atoms with Crippen LogP contribution in [-0.2, 0) is 6.54 Å². The molecule has 0 saturated heterocycles. The van der Waals surface area contributed by atoms with Gasteiger partial charge in [0, 0.05) is 26.1 Å². The van der Waals surface area contributed by atoms with Crippen molar-refractivity contribution in [1.82, 2.24) is 25.4 Å². The second-order valence-corrected chi connectivity index (χ2v) is 5.63. The second-order valence-electron chi connectivity index (χ2n) is 5.63. The van der Waals surface area contributed by atoms with Crippen LogP contribution >= 0.6 is 0 Å². The summed E-state index contributed by atoms with van der Waals surface area (Å²) in [5.41, 5.74) is 6.52. The van der Waals surface area contributed by atoms with Gasteiger partial charge >= 0.3 is 0 Å². The van der Waals surface area contributed by atoms with Gasteiger partial charge < -0.3 is 20.5 Å². The summed E-state index contributed by atoms with van der Waals surface area (Å²) in [4.78, 5) is 25.7. The number of carbonyl (C=O) groups is 1. The molecule has 9 nitrogen and oxygen atoms in total. The first-order chi connectivity index (χ1) is 11.4. The molecule has 2 aromatic rings. The van der Waals surface area contributed by atoms with Crippen molar-refractivity contribution in [2.45, 2.75) is 39.2 Å². The number of hydrogen-bond acceptors (Lipinski definition) is 8. The van der Waals surface area contributed by atoms with Gasteiger partial charge in [-0.3, -0.25) is 4.79 Å². The lowest BCUT2D eigenvalue weighted by molar-refractivity contribution is 0.0936. The van der Waals surface area contributed by atoms with Crippen molar-refractivity contribution in [2.75, 3.05) is 24.7 Å². The SMILES string of the molecule is CCC(CC)c1cc(CNC(=O)c2nc(N)nc(N(C)C)n2)on1. The van der Waals surface area contributed by atoms with Crippen LogP contribution in [0.25, 0.3) is 0 Å². The highest BCUT2D eigenvalue weighted by molar-refractivity contribution is 5.90. The summed E-state index contributed by atoms with van der Waals surface area (Å²) in [6.45, 7) is 4.42. The van der Waals surface area contributed by atoms with Crippen LogP contribution in [0.2, 0.25) is 0 Å². The number of amides is 1. The molecule has 0 bridgehead atoms. The Morgan fingerprint density at radius 3 is 2.62 bits per heavy atom. The van der Waals surface area contributed by atoms with Gasteiger partial charge in [-0.25, -0.2) is 0 Å². The van der Waals surface area contributed by atoms with E-state index in [0.717, 1.165) is 18.5 Å². The molecule has 0 unspecified atom stereocenters. The van der Waals surface area contributed by atoms with E-state index in [2.05, 4.69) is 39.3 Å². The fraction of sp³-hybridized carbons (Fsp3) is 0.533. The molecule has 0 aliphatic heterocycles. The summed E-state index contributed by atoms with van der Waals surface area (Å²) >= 11 is 0. The third kappa shape index (κ3) is 4.18. The van der Waals surface area contributed by atoms with E-state index in [0.29, 0.717) is 17.6 Å². The normalized spacial score (nSPS) is 10.9. The van der Waals surface area contributed by atoms with Gasteiger partial charge in [-0.15, -0.1) is 0 Å². The summed E-state index contributed by atoms with van der Waals surface area (Å²) in [6.07, 6.45) is 1.98. The maximum atomic E-state index is 12.2. The Labute approximate surface area is 140 Å². The molecule has 24 heavy (non-hydrogen) atoms. The third-order valence-corrected chi connectivity index (χ3v) is 3.65.